The summed E-state index contributed by atoms with van der Waals surface area (Å²) >= 11 is 0. The largest absolute Gasteiger partial charge is 0.459 e. The van der Waals surface area contributed by atoms with E-state index in [4.69, 9.17) is 0 Å². The molecular weight excluding hydrogens is 193 g/mol. The van der Waals surface area contributed by atoms with Gasteiger partial charge in [-0.15, -0.1) is 0 Å². The number of likely N-dealkylation sites (tertiary alicyclic amines) is 1. The summed E-state index contributed by atoms with van der Waals surface area (Å²) in [6.45, 7) is 3.79. The first-order chi connectivity index (χ1) is 6.54. The zero-order chi connectivity index (χ0) is 10.6. The standard InChI is InChI=1S/C9H17F3N2/c1-2-13-6-8-4-3-5-14(7-8)9(10,11)12/h8,13H,2-7H2,1H3/t8-/m1/s1. The molecule has 1 atom stereocenters. The van der Waals surface area contributed by atoms with Gasteiger partial charge in [-0.3, -0.25) is 0 Å². The van der Waals surface area contributed by atoms with Crippen LogP contribution in [0.15, 0.2) is 0 Å². The topological polar surface area (TPSA) is 15.3 Å². The van der Waals surface area contributed by atoms with E-state index in [-0.39, 0.29) is 19.0 Å². The van der Waals surface area contributed by atoms with Gasteiger partial charge in [0.05, 0.1) is 0 Å². The molecule has 1 fully saturated rings. The minimum atomic E-state index is -4.15. The van der Waals surface area contributed by atoms with E-state index in [2.05, 4.69) is 5.32 Å². The molecule has 0 aromatic rings. The lowest BCUT2D eigenvalue weighted by atomic mass is 9.98. The van der Waals surface area contributed by atoms with Crippen LogP contribution >= 0.6 is 0 Å². The first-order valence-electron chi connectivity index (χ1n) is 5.06. The minimum absolute atomic E-state index is 0.144. The highest BCUT2D eigenvalue weighted by molar-refractivity contribution is 4.75. The average Bonchev–Trinajstić information content (AvgIpc) is 2.14. The molecular formula is C9H17F3N2. The smallest absolute Gasteiger partial charge is 0.317 e. The molecule has 0 aromatic heterocycles. The van der Waals surface area contributed by atoms with E-state index < -0.39 is 6.30 Å². The number of hydrogen-bond donors (Lipinski definition) is 1. The second kappa shape index (κ2) is 4.98. The summed E-state index contributed by atoms with van der Waals surface area (Å²) in [6.07, 6.45) is -2.60. The third-order valence-corrected chi connectivity index (χ3v) is 2.56. The molecule has 1 saturated heterocycles. The Hall–Kier alpha value is -0.290. The van der Waals surface area contributed by atoms with E-state index >= 15 is 0 Å². The van der Waals surface area contributed by atoms with Crippen LogP contribution in [-0.4, -0.2) is 37.4 Å². The molecule has 0 unspecified atom stereocenters. The third kappa shape index (κ3) is 3.46. The number of hydrogen-bond acceptors (Lipinski definition) is 2. The normalized spacial score (nSPS) is 25.3. The lowest BCUT2D eigenvalue weighted by molar-refractivity contribution is -0.253. The fourth-order valence-electron chi connectivity index (χ4n) is 1.81. The van der Waals surface area contributed by atoms with Gasteiger partial charge >= 0.3 is 6.30 Å². The Balaban J connectivity index is 2.36. The molecule has 1 N–H and O–H groups in total. The maximum atomic E-state index is 12.3. The Kier molecular flexibility index (Phi) is 4.19. The summed E-state index contributed by atoms with van der Waals surface area (Å²) in [5, 5.41) is 3.10. The van der Waals surface area contributed by atoms with Crippen molar-refractivity contribution in [3.05, 3.63) is 0 Å². The van der Waals surface area contributed by atoms with Gasteiger partial charge in [-0.25, -0.2) is 4.90 Å². The van der Waals surface area contributed by atoms with Crippen molar-refractivity contribution in [1.29, 1.82) is 0 Å². The molecule has 0 aromatic carbocycles. The van der Waals surface area contributed by atoms with Gasteiger partial charge in [0.25, 0.3) is 0 Å². The van der Waals surface area contributed by atoms with Gasteiger partial charge < -0.3 is 5.32 Å². The maximum Gasteiger partial charge on any atom is 0.459 e. The molecule has 1 rings (SSSR count). The molecule has 84 valence electrons. The Labute approximate surface area is 82.5 Å². The highest BCUT2D eigenvalue weighted by atomic mass is 19.4. The molecule has 0 amide bonds. The Morgan fingerprint density at radius 1 is 1.43 bits per heavy atom. The average molecular weight is 210 g/mol. The number of nitrogens with zero attached hydrogens (tertiary/aromatic N) is 1. The predicted octanol–water partition coefficient (Wildman–Crippen LogP) is 1.83. The second-order valence-electron chi connectivity index (χ2n) is 3.73. The van der Waals surface area contributed by atoms with Gasteiger partial charge in [0.2, 0.25) is 0 Å². The Morgan fingerprint density at radius 2 is 2.14 bits per heavy atom. The minimum Gasteiger partial charge on any atom is -0.317 e. The molecule has 14 heavy (non-hydrogen) atoms. The highest BCUT2D eigenvalue weighted by Gasteiger charge is 2.39. The van der Waals surface area contributed by atoms with Crippen LogP contribution < -0.4 is 5.32 Å². The van der Waals surface area contributed by atoms with Crippen LogP contribution in [0, 0.1) is 5.92 Å². The number of alkyl halides is 3. The van der Waals surface area contributed by atoms with Crippen LogP contribution in [0.25, 0.3) is 0 Å². The summed E-state index contributed by atoms with van der Waals surface area (Å²) in [7, 11) is 0. The van der Waals surface area contributed by atoms with E-state index in [1.807, 2.05) is 6.92 Å². The molecule has 1 aliphatic heterocycles. The van der Waals surface area contributed by atoms with Crippen molar-refractivity contribution in [2.24, 2.45) is 5.92 Å². The molecule has 0 aliphatic carbocycles. The van der Waals surface area contributed by atoms with Crippen molar-refractivity contribution in [1.82, 2.24) is 10.2 Å². The van der Waals surface area contributed by atoms with E-state index in [0.29, 0.717) is 17.9 Å². The lowest BCUT2D eigenvalue weighted by Crippen LogP contribution is -2.46. The monoisotopic (exact) mass is 210 g/mol. The summed E-state index contributed by atoms with van der Waals surface area (Å²) in [5.41, 5.74) is 0. The second-order valence-corrected chi connectivity index (χ2v) is 3.73. The number of halogens is 3. The zero-order valence-corrected chi connectivity index (χ0v) is 8.40. The van der Waals surface area contributed by atoms with Crippen molar-refractivity contribution in [2.75, 3.05) is 26.2 Å². The van der Waals surface area contributed by atoms with Gasteiger partial charge in [0.15, 0.2) is 0 Å². The van der Waals surface area contributed by atoms with Gasteiger partial charge in [-0.1, -0.05) is 6.92 Å². The lowest BCUT2D eigenvalue weighted by Gasteiger charge is -2.33. The van der Waals surface area contributed by atoms with Crippen molar-refractivity contribution in [3.8, 4) is 0 Å². The molecule has 1 aliphatic rings. The van der Waals surface area contributed by atoms with Gasteiger partial charge in [-0.05, 0) is 31.8 Å². The van der Waals surface area contributed by atoms with Gasteiger partial charge in [0, 0.05) is 13.1 Å². The molecule has 5 heteroatoms. The Bertz CT molecular complexity index is 170. The molecule has 0 bridgehead atoms. The van der Waals surface area contributed by atoms with Crippen molar-refractivity contribution in [2.45, 2.75) is 26.1 Å². The first kappa shape index (κ1) is 11.8. The fraction of sp³-hybridized carbons (Fsp3) is 1.00. The van der Waals surface area contributed by atoms with E-state index in [9.17, 15) is 13.2 Å². The maximum absolute atomic E-state index is 12.3. The number of nitrogens with one attached hydrogen (secondary N) is 1. The first-order valence-corrected chi connectivity index (χ1v) is 5.06. The molecule has 0 radical (unpaired) electrons. The molecule has 0 saturated carbocycles. The summed E-state index contributed by atoms with van der Waals surface area (Å²) in [4.78, 5) is 0.624. The number of rotatable bonds is 3. The summed E-state index contributed by atoms with van der Waals surface area (Å²) in [6, 6.07) is 0. The molecule has 1 heterocycles. The third-order valence-electron chi connectivity index (χ3n) is 2.56. The van der Waals surface area contributed by atoms with Crippen LogP contribution in [-0.2, 0) is 0 Å². The zero-order valence-electron chi connectivity index (χ0n) is 8.40. The van der Waals surface area contributed by atoms with Crippen LogP contribution in [0.2, 0.25) is 0 Å². The van der Waals surface area contributed by atoms with E-state index in [1.54, 1.807) is 0 Å². The SMILES string of the molecule is CCNC[C@H]1CCCN(C(F)(F)F)C1. The molecule has 2 nitrogen and oxygen atoms in total. The Morgan fingerprint density at radius 3 is 2.71 bits per heavy atom. The van der Waals surface area contributed by atoms with Crippen molar-refractivity contribution >= 4 is 0 Å². The van der Waals surface area contributed by atoms with E-state index in [0.717, 1.165) is 13.0 Å². The highest BCUT2D eigenvalue weighted by Crippen LogP contribution is 2.27. The van der Waals surface area contributed by atoms with Gasteiger partial charge in [0.1, 0.15) is 0 Å². The molecule has 0 spiro atoms. The van der Waals surface area contributed by atoms with Crippen molar-refractivity contribution < 1.29 is 13.2 Å². The number of piperidine rings is 1. The summed E-state index contributed by atoms with van der Waals surface area (Å²) < 4.78 is 37.0. The van der Waals surface area contributed by atoms with Crippen LogP contribution in [0.5, 0.6) is 0 Å². The van der Waals surface area contributed by atoms with Crippen LogP contribution in [0.4, 0.5) is 13.2 Å². The van der Waals surface area contributed by atoms with Crippen molar-refractivity contribution in [3.63, 3.8) is 0 Å². The van der Waals surface area contributed by atoms with Crippen LogP contribution in [0.3, 0.4) is 0 Å². The fourth-order valence-corrected chi connectivity index (χ4v) is 1.81. The predicted molar refractivity (Wildman–Crippen MR) is 48.9 cm³/mol. The summed E-state index contributed by atoms with van der Waals surface area (Å²) in [5.74, 6) is 0.144. The van der Waals surface area contributed by atoms with E-state index in [1.165, 1.54) is 0 Å². The quantitative estimate of drug-likeness (QED) is 0.715. The van der Waals surface area contributed by atoms with Crippen LogP contribution in [0.1, 0.15) is 19.8 Å². The van der Waals surface area contributed by atoms with Gasteiger partial charge in [-0.2, -0.15) is 13.2 Å².